The molecule has 2 unspecified atom stereocenters. The van der Waals surface area contributed by atoms with Gasteiger partial charge in [0, 0.05) is 12.7 Å². The molecular weight excluding hydrogens is 238 g/mol. The highest BCUT2D eigenvalue weighted by atomic mass is 16.6. The van der Waals surface area contributed by atoms with E-state index in [4.69, 9.17) is 9.84 Å². The molecule has 1 saturated heterocycles. The van der Waals surface area contributed by atoms with Crippen LogP contribution in [0.1, 0.15) is 24.5 Å². The first kappa shape index (κ1) is 12.5. The van der Waals surface area contributed by atoms with E-state index in [9.17, 15) is 14.9 Å². The SMILES string of the molecule is O=C(O)C1CCCOC1c1ccccc1[N+](=O)[O-]. The molecule has 0 aromatic heterocycles. The molecule has 1 aliphatic rings. The van der Waals surface area contributed by atoms with Crippen molar-refractivity contribution < 1.29 is 19.6 Å². The number of nitro benzene ring substituents is 1. The summed E-state index contributed by atoms with van der Waals surface area (Å²) < 4.78 is 5.44. The van der Waals surface area contributed by atoms with Crippen molar-refractivity contribution in [2.75, 3.05) is 6.61 Å². The van der Waals surface area contributed by atoms with Gasteiger partial charge in [0.2, 0.25) is 0 Å². The molecule has 18 heavy (non-hydrogen) atoms. The minimum Gasteiger partial charge on any atom is -0.481 e. The topological polar surface area (TPSA) is 89.7 Å². The molecule has 2 rings (SSSR count). The number of hydrogen-bond acceptors (Lipinski definition) is 4. The van der Waals surface area contributed by atoms with Crippen LogP contribution >= 0.6 is 0 Å². The normalized spacial score (nSPS) is 23.6. The fourth-order valence-electron chi connectivity index (χ4n) is 2.23. The maximum absolute atomic E-state index is 11.2. The third-order valence-electron chi connectivity index (χ3n) is 3.08. The minimum absolute atomic E-state index is 0.0874. The Hall–Kier alpha value is -1.95. The van der Waals surface area contributed by atoms with Crippen LogP contribution in [0, 0.1) is 16.0 Å². The summed E-state index contributed by atoms with van der Waals surface area (Å²) in [5, 5.41) is 20.1. The van der Waals surface area contributed by atoms with Crippen LogP contribution in [-0.4, -0.2) is 22.6 Å². The highest BCUT2D eigenvalue weighted by Gasteiger charge is 2.36. The van der Waals surface area contributed by atoms with Gasteiger partial charge in [-0.1, -0.05) is 12.1 Å². The van der Waals surface area contributed by atoms with E-state index in [1.54, 1.807) is 18.2 Å². The van der Waals surface area contributed by atoms with Crippen LogP contribution in [0.3, 0.4) is 0 Å². The summed E-state index contributed by atoms with van der Waals surface area (Å²) in [6, 6.07) is 6.13. The van der Waals surface area contributed by atoms with Crippen LogP contribution in [0.4, 0.5) is 5.69 Å². The molecule has 1 heterocycles. The number of nitro groups is 1. The second-order valence-corrected chi connectivity index (χ2v) is 4.19. The smallest absolute Gasteiger partial charge is 0.309 e. The van der Waals surface area contributed by atoms with E-state index in [1.807, 2.05) is 0 Å². The number of ether oxygens (including phenoxy) is 1. The summed E-state index contributed by atoms with van der Waals surface area (Å²) in [4.78, 5) is 21.6. The number of carboxylic acids is 1. The number of carboxylic acid groups (broad SMARTS) is 1. The average Bonchev–Trinajstić information content (AvgIpc) is 2.38. The fraction of sp³-hybridized carbons (Fsp3) is 0.417. The second kappa shape index (κ2) is 5.14. The minimum atomic E-state index is -0.974. The predicted molar refractivity (Wildman–Crippen MR) is 62.1 cm³/mol. The van der Waals surface area contributed by atoms with Gasteiger partial charge in [-0.15, -0.1) is 0 Å². The molecule has 0 radical (unpaired) electrons. The summed E-state index contributed by atoms with van der Waals surface area (Å²) in [5.41, 5.74) is 0.255. The molecule has 1 aromatic rings. The van der Waals surface area contributed by atoms with E-state index in [2.05, 4.69) is 0 Å². The first-order valence-electron chi connectivity index (χ1n) is 5.69. The summed E-state index contributed by atoms with van der Waals surface area (Å²) in [5.74, 6) is -1.70. The van der Waals surface area contributed by atoms with Crippen molar-refractivity contribution in [3.63, 3.8) is 0 Å². The molecule has 2 atom stereocenters. The quantitative estimate of drug-likeness (QED) is 0.656. The molecule has 1 aromatic carbocycles. The van der Waals surface area contributed by atoms with E-state index in [1.165, 1.54) is 6.07 Å². The summed E-state index contributed by atoms with van der Waals surface area (Å²) >= 11 is 0. The van der Waals surface area contributed by atoms with E-state index in [0.29, 0.717) is 25.0 Å². The lowest BCUT2D eigenvalue weighted by atomic mass is 9.89. The third-order valence-corrected chi connectivity index (χ3v) is 3.08. The van der Waals surface area contributed by atoms with E-state index in [0.717, 1.165) is 0 Å². The highest BCUT2D eigenvalue weighted by molar-refractivity contribution is 5.71. The number of para-hydroxylation sites is 1. The predicted octanol–water partition coefficient (Wildman–Crippen LogP) is 2.15. The number of aliphatic carboxylic acids is 1. The molecule has 1 aliphatic heterocycles. The van der Waals surface area contributed by atoms with Crippen LogP contribution in [0.25, 0.3) is 0 Å². The molecule has 1 fully saturated rings. The maximum atomic E-state index is 11.2. The molecule has 0 spiro atoms. The summed E-state index contributed by atoms with van der Waals surface area (Å²) in [6.07, 6.45) is 0.401. The van der Waals surface area contributed by atoms with Crippen molar-refractivity contribution in [3.05, 3.63) is 39.9 Å². The molecule has 0 bridgehead atoms. The molecule has 0 aliphatic carbocycles. The van der Waals surface area contributed by atoms with Crippen molar-refractivity contribution >= 4 is 11.7 Å². The Bertz CT molecular complexity index is 473. The lowest BCUT2D eigenvalue weighted by molar-refractivity contribution is -0.386. The first-order valence-corrected chi connectivity index (χ1v) is 5.69. The van der Waals surface area contributed by atoms with Crippen molar-refractivity contribution in [2.24, 2.45) is 5.92 Å². The maximum Gasteiger partial charge on any atom is 0.309 e. The van der Waals surface area contributed by atoms with Crippen molar-refractivity contribution in [3.8, 4) is 0 Å². The van der Waals surface area contributed by atoms with Gasteiger partial charge in [-0.05, 0) is 18.9 Å². The van der Waals surface area contributed by atoms with E-state index >= 15 is 0 Å². The van der Waals surface area contributed by atoms with Gasteiger partial charge < -0.3 is 9.84 Å². The Kier molecular flexibility index (Phi) is 3.57. The van der Waals surface area contributed by atoms with Crippen LogP contribution in [0.5, 0.6) is 0 Å². The Morgan fingerprint density at radius 1 is 1.44 bits per heavy atom. The highest BCUT2D eigenvalue weighted by Crippen LogP contribution is 2.37. The van der Waals surface area contributed by atoms with Crippen LogP contribution in [0.15, 0.2) is 24.3 Å². The molecule has 0 amide bonds. The lowest BCUT2D eigenvalue weighted by Crippen LogP contribution is -2.29. The van der Waals surface area contributed by atoms with Crippen LogP contribution in [0.2, 0.25) is 0 Å². The Morgan fingerprint density at radius 2 is 2.17 bits per heavy atom. The standard InChI is InChI=1S/C12H13NO5/c14-12(15)9-5-3-7-18-11(9)8-4-1-2-6-10(8)13(16)17/h1-2,4,6,9,11H,3,5,7H2,(H,14,15). The van der Waals surface area contributed by atoms with Crippen molar-refractivity contribution in [2.45, 2.75) is 18.9 Å². The van der Waals surface area contributed by atoms with Crippen molar-refractivity contribution in [1.82, 2.24) is 0 Å². The third kappa shape index (κ3) is 2.33. The van der Waals surface area contributed by atoms with Gasteiger partial charge in [0.05, 0.1) is 16.4 Å². The molecule has 1 N–H and O–H groups in total. The monoisotopic (exact) mass is 251 g/mol. The number of hydrogen-bond donors (Lipinski definition) is 1. The first-order chi connectivity index (χ1) is 8.61. The van der Waals surface area contributed by atoms with Gasteiger partial charge >= 0.3 is 5.97 Å². The zero-order chi connectivity index (χ0) is 13.1. The molecule has 96 valence electrons. The Balaban J connectivity index is 2.39. The number of carbonyl (C=O) groups is 1. The molecule has 0 saturated carbocycles. The van der Waals surface area contributed by atoms with Crippen LogP contribution in [-0.2, 0) is 9.53 Å². The van der Waals surface area contributed by atoms with Gasteiger partial charge in [0.15, 0.2) is 0 Å². The number of nitrogens with zero attached hydrogens (tertiary/aromatic N) is 1. The van der Waals surface area contributed by atoms with Gasteiger partial charge in [0.1, 0.15) is 6.10 Å². The number of rotatable bonds is 3. The molecule has 6 heteroatoms. The molecular formula is C12H13NO5. The second-order valence-electron chi connectivity index (χ2n) is 4.19. The van der Waals surface area contributed by atoms with Gasteiger partial charge in [-0.3, -0.25) is 14.9 Å². The Labute approximate surface area is 103 Å². The Morgan fingerprint density at radius 3 is 2.83 bits per heavy atom. The van der Waals surface area contributed by atoms with Gasteiger partial charge in [0.25, 0.3) is 5.69 Å². The van der Waals surface area contributed by atoms with Crippen LogP contribution < -0.4 is 0 Å². The number of benzene rings is 1. The average molecular weight is 251 g/mol. The lowest BCUT2D eigenvalue weighted by Gasteiger charge is -2.28. The van der Waals surface area contributed by atoms with Gasteiger partial charge in [-0.25, -0.2) is 0 Å². The zero-order valence-electron chi connectivity index (χ0n) is 9.61. The molecule has 6 nitrogen and oxygen atoms in total. The fourth-order valence-corrected chi connectivity index (χ4v) is 2.23. The largest absolute Gasteiger partial charge is 0.481 e. The van der Waals surface area contributed by atoms with Crippen molar-refractivity contribution in [1.29, 1.82) is 0 Å². The summed E-state index contributed by atoms with van der Waals surface area (Å²) in [7, 11) is 0. The van der Waals surface area contributed by atoms with E-state index in [-0.39, 0.29) is 5.69 Å². The summed E-state index contributed by atoms with van der Waals surface area (Å²) in [6.45, 7) is 0.431. The van der Waals surface area contributed by atoms with E-state index < -0.39 is 22.9 Å². The van der Waals surface area contributed by atoms with Gasteiger partial charge in [-0.2, -0.15) is 0 Å². The zero-order valence-corrected chi connectivity index (χ0v) is 9.61.